The third-order valence-corrected chi connectivity index (χ3v) is 3.82. The van der Waals surface area contributed by atoms with Crippen molar-refractivity contribution in [2.75, 3.05) is 0 Å². The van der Waals surface area contributed by atoms with Crippen molar-refractivity contribution in [3.8, 4) is 17.2 Å². The van der Waals surface area contributed by atoms with Crippen molar-refractivity contribution in [2.24, 2.45) is 21.1 Å². The fourth-order valence-corrected chi connectivity index (χ4v) is 2.70. The fourth-order valence-electron chi connectivity index (χ4n) is 2.70. The lowest BCUT2D eigenvalue weighted by atomic mass is 10.2. The molecule has 1 aromatic carbocycles. The first-order valence-electron chi connectivity index (χ1n) is 6.74. The topological polar surface area (TPSA) is 17.6 Å². The zero-order chi connectivity index (χ0) is 14.3. The van der Waals surface area contributed by atoms with E-state index in [2.05, 4.69) is 95.5 Å². The van der Waals surface area contributed by atoms with Crippen LogP contribution in [0.5, 0.6) is 0 Å². The second-order valence-electron chi connectivity index (χ2n) is 5.20. The van der Waals surface area contributed by atoms with Gasteiger partial charge in [0.25, 0.3) is 0 Å². The van der Waals surface area contributed by atoms with E-state index < -0.39 is 0 Å². The van der Waals surface area contributed by atoms with Gasteiger partial charge in [0.05, 0.1) is 20.3 Å². The van der Waals surface area contributed by atoms with Gasteiger partial charge in [0.15, 0.2) is 7.05 Å². The highest BCUT2D eigenvalue weighted by atomic mass is 15.4. The molecule has 4 heteroatoms. The highest BCUT2D eigenvalue weighted by Gasteiger charge is 2.27. The van der Waals surface area contributed by atoms with Gasteiger partial charge in [-0.25, -0.2) is 9.13 Å². The number of benzene rings is 1. The van der Waals surface area contributed by atoms with E-state index in [4.69, 9.17) is 0 Å². The van der Waals surface area contributed by atoms with Crippen LogP contribution in [0.3, 0.4) is 0 Å². The van der Waals surface area contributed by atoms with Crippen LogP contribution >= 0.6 is 0 Å². The molecular weight excluding hydrogens is 248 g/mol. The summed E-state index contributed by atoms with van der Waals surface area (Å²) in [4.78, 5) is 0. The molecule has 0 unspecified atom stereocenters. The Morgan fingerprint density at radius 3 is 2.40 bits per heavy atom. The van der Waals surface area contributed by atoms with Gasteiger partial charge in [-0.3, -0.25) is 0 Å². The minimum Gasteiger partial charge on any atom is -0.227 e. The van der Waals surface area contributed by atoms with Gasteiger partial charge in [0.2, 0.25) is 0 Å². The predicted molar refractivity (Wildman–Crippen MR) is 77.3 cm³/mol. The van der Waals surface area contributed by atoms with Crippen molar-refractivity contribution in [1.29, 1.82) is 0 Å². The van der Waals surface area contributed by atoms with E-state index >= 15 is 0 Å². The SMILES string of the molecule is Cc1ccccc1-n1ccc(-c2n(C)cc[n+]2C)[n+]1C. The second-order valence-corrected chi connectivity index (χ2v) is 5.20. The zero-order valence-electron chi connectivity index (χ0n) is 12.4. The second kappa shape index (κ2) is 4.63. The average Bonchev–Trinajstić information content (AvgIpc) is 2.94. The minimum absolute atomic E-state index is 1.18. The van der Waals surface area contributed by atoms with Gasteiger partial charge in [-0.15, -0.1) is 4.68 Å². The minimum atomic E-state index is 1.18. The van der Waals surface area contributed by atoms with Gasteiger partial charge in [-0.05, 0) is 18.6 Å². The van der Waals surface area contributed by atoms with Crippen LogP contribution in [0.4, 0.5) is 0 Å². The normalized spacial score (nSPS) is 11.0. The maximum Gasteiger partial charge on any atom is 0.356 e. The molecule has 0 fully saturated rings. The van der Waals surface area contributed by atoms with Crippen LogP contribution in [0.15, 0.2) is 48.9 Å². The summed E-state index contributed by atoms with van der Waals surface area (Å²) >= 11 is 0. The van der Waals surface area contributed by atoms with E-state index in [0.29, 0.717) is 0 Å². The molecule has 2 aromatic heterocycles. The third-order valence-electron chi connectivity index (χ3n) is 3.82. The summed E-state index contributed by atoms with van der Waals surface area (Å²) < 4.78 is 8.63. The van der Waals surface area contributed by atoms with E-state index in [1.165, 1.54) is 22.8 Å². The third kappa shape index (κ3) is 1.84. The molecule has 0 N–H and O–H groups in total. The highest BCUT2D eigenvalue weighted by Crippen LogP contribution is 2.15. The molecule has 0 amide bonds. The summed E-state index contributed by atoms with van der Waals surface area (Å²) in [5, 5.41) is 0. The lowest BCUT2D eigenvalue weighted by Gasteiger charge is -2.04. The lowest BCUT2D eigenvalue weighted by molar-refractivity contribution is -0.743. The molecule has 0 saturated carbocycles. The fraction of sp³-hybridized carbons (Fsp3) is 0.250. The largest absolute Gasteiger partial charge is 0.356 e. The number of nitrogens with zero attached hydrogens (tertiary/aromatic N) is 4. The molecule has 0 aliphatic heterocycles. The van der Waals surface area contributed by atoms with Crippen LogP contribution in [-0.2, 0) is 21.1 Å². The predicted octanol–water partition coefficient (Wildman–Crippen LogP) is 1.44. The van der Waals surface area contributed by atoms with Crippen LogP contribution in [0.25, 0.3) is 17.2 Å². The van der Waals surface area contributed by atoms with Crippen molar-refractivity contribution >= 4 is 0 Å². The van der Waals surface area contributed by atoms with Gasteiger partial charge >= 0.3 is 11.5 Å². The van der Waals surface area contributed by atoms with E-state index in [-0.39, 0.29) is 0 Å². The van der Waals surface area contributed by atoms with Gasteiger partial charge in [0.1, 0.15) is 18.1 Å². The molecule has 20 heavy (non-hydrogen) atoms. The molecule has 0 bridgehead atoms. The first kappa shape index (κ1) is 12.7. The number of aromatic nitrogens is 4. The Kier molecular flexibility index (Phi) is 2.93. The van der Waals surface area contributed by atoms with Crippen molar-refractivity contribution < 1.29 is 9.25 Å². The Labute approximate surface area is 119 Å². The summed E-state index contributed by atoms with van der Waals surface area (Å²) in [5.74, 6) is 1.18. The maximum absolute atomic E-state index is 2.18. The van der Waals surface area contributed by atoms with Gasteiger partial charge in [0, 0.05) is 6.07 Å². The van der Waals surface area contributed by atoms with E-state index in [1.54, 1.807) is 0 Å². The number of hydrogen-bond donors (Lipinski definition) is 0. The van der Waals surface area contributed by atoms with Crippen LogP contribution in [0.2, 0.25) is 0 Å². The van der Waals surface area contributed by atoms with E-state index in [9.17, 15) is 0 Å². The molecule has 3 rings (SSSR count). The zero-order valence-corrected chi connectivity index (χ0v) is 12.4. The molecule has 3 aromatic rings. The van der Waals surface area contributed by atoms with Crippen molar-refractivity contribution in [2.45, 2.75) is 6.92 Å². The standard InChI is InChI=1S/C16H20N4/c1-13-7-5-6-8-14(13)20-10-9-15(19(20)4)16-17(2)11-12-18(16)3/h5-12H,1-4H3/q+2. The monoisotopic (exact) mass is 268 g/mol. The summed E-state index contributed by atoms with van der Waals surface area (Å²) in [6, 6.07) is 10.6. The van der Waals surface area contributed by atoms with Crippen LogP contribution in [0, 0.1) is 6.92 Å². The molecule has 2 heterocycles. The molecule has 0 radical (unpaired) electrons. The molecule has 0 atom stereocenters. The molecule has 0 aliphatic carbocycles. The summed E-state index contributed by atoms with van der Waals surface area (Å²) in [7, 11) is 6.23. The maximum atomic E-state index is 2.18. The van der Waals surface area contributed by atoms with Gasteiger partial charge in [-0.2, -0.15) is 0 Å². The van der Waals surface area contributed by atoms with E-state index in [1.807, 2.05) is 0 Å². The van der Waals surface area contributed by atoms with Crippen molar-refractivity contribution in [3.05, 3.63) is 54.5 Å². The van der Waals surface area contributed by atoms with Crippen LogP contribution in [0.1, 0.15) is 5.56 Å². The molecular formula is C16H20N4+2. The highest BCUT2D eigenvalue weighted by molar-refractivity contribution is 5.44. The van der Waals surface area contributed by atoms with Gasteiger partial charge < -0.3 is 0 Å². The van der Waals surface area contributed by atoms with Crippen molar-refractivity contribution in [1.82, 2.24) is 9.25 Å². The number of hydrogen-bond acceptors (Lipinski definition) is 0. The average molecular weight is 268 g/mol. The quantitative estimate of drug-likeness (QED) is 0.626. The Balaban J connectivity index is 2.18. The molecule has 0 spiro atoms. The number of para-hydroxylation sites is 1. The summed E-state index contributed by atoms with van der Waals surface area (Å²) in [6.07, 6.45) is 6.26. The molecule has 102 valence electrons. The number of imidazole rings is 1. The molecule has 0 saturated heterocycles. The van der Waals surface area contributed by atoms with Crippen molar-refractivity contribution in [3.63, 3.8) is 0 Å². The van der Waals surface area contributed by atoms with Gasteiger partial charge in [-0.1, -0.05) is 22.9 Å². The van der Waals surface area contributed by atoms with Crippen LogP contribution < -0.4 is 9.25 Å². The Morgan fingerprint density at radius 1 is 1.00 bits per heavy atom. The number of rotatable bonds is 2. The van der Waals surface area contributed by atoms with Crippen LogP contribution in [-0.4, -0.2) is 9.25 Å². The Morgan fingerprint density at radius 2 is 1.75 bits per heavy atom. The molecule has 4 nitrogen and oxygen atoms in total. The summed E-state index contributed by atoms with van der Waals surface area (Å²) in [6.45, 7) is 2.14. The lowest BCUT2D eigenvalue weighted by Crippen LogP contribution is -2.43. The Hall–Kier alpha value is -2.36. The Bertz CT molecular complexity index is 745. The summed E-state index contributed by atoms with van der Waals surface area (Å²) in [5.41, 5.74) is 3.66. The number of aryl methyl sites for hydroxylation is 3. The first-order valence-corrected chi connectivity index (χ1v) is 6.74. The first-order chi connectivity index (χ1) is 9.59. The van der Waals surface area contributed by atoms with E-state index in [0.717, 1.165) is 0 Å². The smallest absolute Gasteiger partial charge is 0.227 e. The molecule has 0 aliphatic rings.